The highest BCUT2D eigenvalue weighted by Crippen LogP contribution is 2.38. The summed E-state index contributed by atoms with van der Waals surface area (Å²) in [7, 11) is -3.34. The van der Waals surface area contributed by atoms with Crippen LogP contribution in [0.1, 0.15) is 159 Å². The summed E-state index contributed by atoms with van der Waals surface area (Å²) in [5, 5.41) is 26.0. The first kappa shape index (κ1) is 81.9. The molecule has 10 N–H and O–H groups in total. The molecule has 10 rings (SSSR count). The molecule has 0 saturated carbocycles. The van der Waals surface area contributed by atoms with Crippen LogP contribution in [0.5, 0.6) is 0 Å². The predicted molar refractivity (Wildman–Crippen MR) is 391 cm³/mol. The van der Waals surface area contributed by atoms with Crippen molar-refractivity contribution < 1.29 is 77.8 Å². The topological polar surface area (TPSA) is 297 Å². The van der Waals surface area contributed by atoms with Gasteiger partial charge in [-0.15, -0.1) is 0 Å². The van der Waals surface area contributed by atoms with Gasteiger partial charge in [0.2, 0.25) is 10.0 Å². The number of carboxylic acid groups (broad SMARTS) is 1. The lowest BCUT2D eigenvalue weighted by Crippen LogP contribution is -2.53. The highest BCUT2D eigenvalue weighted by Gasteiger charge is 2.45. The number of likely N-dealkylation sites (tertiary alicyclic amines) is 4. The van der Waals surface area contributed by atoms with Crippen molar-refractivity contribution in [1.82, 2.24) is 40.3 Å². The lowest BCUT2D eigenvalue weighted by molar-refractivity contribution is -0.138. The number of nitrogens with one attached hydrogen (secondary N) is 7. The monoisotopic (exact) mass is 1500 g/mol. The molecule has 6 aromatic carbocycles. The van der Waals surface area contributed by atoms with Crippen molar-refractivity contribution in [1.29, 1.82) is 0 Å². The number of piperidine rings is 3. The van der Waals surface area contributed by atoms with Crippen molar-refractivity contribution in [3.05, 3.63) is 194 Å². The van der Waals surface area contributed by atoms with Gasteiger partial charge < -0.3 is 62.3 Å². The summed E-state index contributed by atoms with van der Waals surface area (Å²) < 4.78 is 114. The second-order valence-electron chi connectivity index (χ2n) is 28.1. The number of nitrogens with zero attached hydrogens (tertiary/aromatic N) is 4. The van der Waals surface area contributed by atoms with Crippen molar-refractivity contribution in [3.63, 3.8) is 0 Å². The van der Waals surface area contributed by atoms with Gasteiger partial charge in [0.15, 0.2) is 0 Å². The van der Waals surface area contributed by atoms with Crippen LogP contribution in [0.2, 0.25) is 0 Å². The van der Waals surface area contributed by atoms with Gasteiger partial charge in [0.05, 0.1) is 29.5 Å². The number of rotatable bonds is 16. The van der Waals surface area contributed by atoms with Crippen LogP contribution in [0.15, 0.2) is 127 Å². The molecule has 4 fully saturated rings. The van der Waals surface area contributed by atoms with E-state index in [1.54, 1.807) is 65.3 Å². The SMILES string of the molecule is Cc1ccc(C(=O)N2CCC(c3ccc(C(F)(F)F)cc3)CC2)cc1NC(=O)NCCN.Cc1ccc(C(=O)N2CCC(c3ccc(C(F)(F)F)cc3)CC2)cc1NC(=O)NCCNS(C)(=O)=O.Cc1ccc(C(=O)N2CCC(c3ccc(F)cc3)CC2)cc1NC(=O)NC1CCN(C(=O)O)C1C(C)(C)C. The molecule has 6 aromatic rings. The number of amides is 10. The zero-order valence-electron chi connectivity index (χ0n) is 60.3. The van der Waals surface area contributed by atoms with E-state index < -0.39 is 51.7 Å². The van der Waals surface area contributed by atoms with E-state index >= 15 is 0 Å². The highest BCUT2D eigenvalue weighted by atomic mass is 32.2. The summed E-state index contributed by atoms with van der Waals surface area (Å²) in [6, 6.07) is 30.5. The zero-order chi connectivity index (χ0) is 77.4. The zero-order valence-corrected chi connectivity index (χ0v) is 61.1. The van der Waals surface area contributed by atoms with Gasteiger partial charge in [-0.05, 0) is 195 Å². The van der Waals surface area contributed by atoms with E-state index in [0.717, 1.165) is 76.7 Å². The average Bonchev–Trinajstić information content (AvgIpc) is 1.59. The van der Waals surface area contributed by atoms with Crippen LogP contribution in [0.3, 0.4) is 0 Å². The van der Waals surface area contributed by atoms with E-state index in [-0.39, 0.29) is 72.0 Å². The van der Waals surface area contributed by atoms with Crippen molar-refractivity contribution in [2.75, 3.05) is 94.2 Å². The molecule has 4 heterocycles. The van der Waals surface area contributed by atoms with Crippen LogP contribution < -0.4 is 42.4 Å². The minimum absolute atomic E-state index is 0.0478. The molecule has 4 aliphatic heterocycles. The highest BCUT2D eigenvalue weighted by molar-refractivity contribution is 7.88. The fraction of sp³-hybridized carbons (Fsp3) is 0.434. The Labute approximate surface area is 612 Å². The van der Waals surface area contributed by atoms with Gasteiger partial charge in [-0.25, -0.2) is 36.7 Å². The van der Waals surface area contributed by atoms with Crippen LogP contribution in [0, 0.1) is 32.0 Å². The summed E-state index contributed by atoms with van der Waals surface area (Å²) >= 11 is 0. The third-order valence-electron chi connectivity index (χ3n) is 19.4. The number of halogens is 7. The molecular weight excluding hydrogens is 1410 g/mol. The van der Waals surface area contributed by atoms with E-state index in [9.17, 15) is 77.8 Å². The van der Waals surface area contributed by atoms with Crippen LogP contribution in [-0.2, 0) is 22.4 Å². The molecule has 0 aromatic heterocycles. The molecule has 106 heavy (non-hydrogen) atoms. The van der Waals surface area contributed by atoms with Gasteiger partial charge in [0.25, 0.3) is 17.7 Å². The first-order chi connectivity index (χ1) is 50.0. The normalized spacial score (nSPS) is 16.9. The lowest BCUT2D eigenvalue weighted by Gasteiger charge is -2.37. The molecule has 4 aliphatic rings. The van der Waals surface area contributed by atoms with Gasteiger partial charge in [0, 0.05) is 106 Å². The summed E-state index contributed by atoms with van der Waals surface area (Å²) in [6.45, 7) is 15.7. The number of benzene rings is 6. The van der Waals surface area contributed by atoms with Crippen LogP contribution >= 0.6 is 0 Å². The molecular formula is C76H93F7N12O10S. The molecule has 0 bridgehead atoms. The quantitative estimate of drug-likeness (QED) is 0.0324. The average molecular weight is 1500 g/mol. The second-order valence-corrected chi connectivity index (χ2v) is 29.9. The molecule has 0 spiro atoms. The van der Waals surface area contributed by atoms with Gasteiger partial charge in [-0.1, -0.05) is 75.4 Å². The number of aryl methyl sites for hydroxylation is 3. The molecule has 10 amide bonds. The Balaban J connectivity index is 0.000000202. The fourth-order valence-electron chi connectivity index (χ4n) is 13.6. The first-order valence-corrected chi connectivity index (χ1v) is 37.0. The van der Waals surface area contributed by atoms with Crippen molar-refractivity contribution in [2.45, 2.75) is 129 Å². The third-order valence-corrected chi connectivity index (χ3v) is 20.1. The van der Waals surface area contributed by atoms with Gasteiger partial charge >= 0.3 is 36.5 Å². The number of hydrogen-bond acceptors (Lipinski definition) is 10. The second kappa shape index (κ2) is 36.0. The van der Waals surface area contributed by atoms with Crippen molar-refractivity contribution in [2.24, 2.45) is 11.1 Å². The summed E-state index contributed by atoms with van der Waals surface area (Å²) in [5.74, 6) is -0.188. The summed E-state index contributed by atoms with van der Waals surface area (Å²) in [6.07, 6.45) is -3.91. The van der Waals surface area contributed by atoms with Crippen molar-refractivity contribution in [3.8, 4) is 0 Å². The summed E-state index contributed by atoms with van der Waals surface area (Å²) in [4.78, 5) is 94.7. The van der Waals surface area contributed by atoms with E-state index in [1.165, 1.54) is 41.3 Å². The standard InChI is InChI=1S/C29H37FN4O4.C24H29F3N4O4S.C23H27F3N4O2/c1-18-5-6-21(26(35)33-14-11-20(12-15-33)19-7-9-22(30)10-8-19)17-24(18)32-27(36)31-23-13-16-34(28(37)38)25(23)29(2,3)4;1-16-3-4-19(15-21(16)30-23(33)28-11-12-29-36(2,34)35)22(32)31-13-9-18(10-14-31)17-5-7-20(8-6-17)24(25,26)27;1-15-2-3-18(14-20(15)29-22(32)28-11-10-27)21(31)30-12-8-17(9-13-30)16-4-6-19(7-5-16)23(24,25)26/h5-10,17,20,23,25H,11-16H2,1-4H3,(H,37,38)(H2,31,32,36);3-8,15,18,29H,9-14H2,1-2H3,(H2,28,30,33);2-7,14,17H,8-13,27H2,1H3,(H2,28,29,32). The molecule has 2 unspecified atom stereocenters. The van der Waals surface area contributed by atoms with Crippen LogP contribution in [0.25, 0.3) is 0 Å². The number of sulfonamides is 1. The molecule has 572 valence electrons. The number of urea groups is 3. The van der Waals surface area contributed by atoms with E-state index in [2.05, 4.69) is 36.6 Å². The predicted octanol–water partition coefficient (Wildman–Crippen LogP) is 13.3. The maximum absolute atomic E-state index is 13.3. The Kier molecular flexibility index (Phi) is 27.8. The van der Waals surface area contributed by atoms with Crippen LogP contribution in [-0.4, -0.2) is 165 Å². The number of hydrogen-bond donors (Lipinski definition) is 9. The number of anilines is 3. The molecule has 0 radical (unpaired) electrons. The molecule has 30 heteroatoms. The van der Waals surface area contributed by atoms with Crippen molar-refractivity contribution >= 4 is 69.0 Å². The van der Waals surface area contributed by atoms with Crippen LogP contribution in [0.4, 0.5) is 67.0 Å². The number of alkyl halides is 6. The third kappa shape index (κ3) is 23.1. The van der Waals surface area contributed by atoms with Gasteiger partial charge in [-0.2, -0.15) is 26.3 Å². The number of nitrogens with two attached hydrogens (primary N) is 1. The van der Waals surface area contributed by atoms with E-state index in [1.807, 2.05) is 57.7 Å². The molecule has 4 saturated heterocycles. The minimum Gasteiger partial charge on any atom is -0.465 e. The van der Waals surface area contributed by atoms with E-state index in [0.29, 0.717) is 131 Å². The van der Waals surface area contributed by atoms with E-state index in [4.69, 9.17) is 5.73 Å². The maximum Gasteiger partial charge on any atom is 0.416 e. The van der Waals surface area contributed by atoms with Gasteiger partial charge in [0.1, 0.15) is 5.82 Å². The molecule has 0 aliphatic carbocycles. The molecule has 2 atom stereocenters. The van der Waals surface area contributed by atoms with Gasteiger partial charge in [-0.3, -0.25) is 14.4 Å². The lowest BCUT2D eigenvalue weighted by atomic mass is 9.83. The number of carbonyl (C=O) groups is 7. The minimum atomic E-state index is -4.37. The first-order valence-electron chi connectivity index (χ1n) is 35.1. The Bertz CT molecular complexity index is 4180. The Morgan fingerprint density at radius 3 is 1.14 bits per heavy atom. The molecule has 22 nitrogen and oxygen atoms in total. The number of carbonyl (C=O) groups excluding carboxylic acids is 6. The smallest absolute Gasteiger partial charge is 0.416 e. The Morgan fingerprint density at radius 1 is 0.481 bits per heavy atom. The summed E-state index contributed by atoms with van der Waals surface area (Å²) in [5.41, 5.74) is 11.8. The Morgan fingerprint density at radius 2 is 0.821 bits per heavy atom. The fourth-order valence-corrected chi connectivity index (χ4v) is 14.0. The largest absolute Gasteiger partial charge is 0.465 e. The maximum atomic E-state index is 13.3. The Hall–Kier alpha value is -9.81.